The van der Waals surface area contributed by atoms with Gasteiger partial charge in [-0.05, 0) is 25.1 Å². The first-order valence-corrected chi connectivity index (χ1v) is 6.06. The summed E-state index contributed by atoms with van der Waals surface area (Å²) in [4.78, 5) is 4.63. The van der Waals surface area contributed by atoms with Crippen molar-refractivity contribution in [3.05, 3.63) is 53.0 Å². The van der Waals surface area contributed by atoms with Crippen LogP contribution in [0.3, 0.4) is 0 Å². The van der Waals surface area contributed by atoms with Gasteiger partial charge in [0.05, 0.1) is 12.8 Å². The summed E-state index contributed by atoms with van der Waals surface area (Å²) in [5, 5.41) is 0. The van der Waals surface area contributed by atoms with Crippen LogP contribution in [0.5, 0.6) is 5.75 Å². The molecule has 0 unspecified atom stereocenters. The zero-order chi connectivity index (χ0) is 12.5. The van der Waals surface area contributed by atoms with Gasteiger partial charge in [-0.25, -0.2) is 0 Å². The van der Waals surface area contributed by atoms with Crippen LogP contribution in [0.2, 0.25) is 0 Å². The summed E-state index contributed by atoms with van der Waals surface area (Å²) in [5.74, 6) is 2.83. The van der Waals surface area contributed by atoms with Crippen molar-refractivity contribution in [3.8, 4) is 5.75 Å². The van der Waals surface area contributed by atoms with Crippen LogP contribution in [-0.4, -0.2) is 19.4 Å². The molecule has 1 aromatic heterocycles. The average molecular weight is 241 g/mol. The van der Waals surface area contributed by atoms with Crippen molar-refractivity contribution in [1.82, 2.24) is 0 Å². The molecule has 1 aliphatic heterocycles. The lowest BCUT2D eigenvalue weighted by molar-refractivity contribution is 0.414. The number of furan rings is 1. The fraction of sp³-hybridized carbons (Fsp3) is 0.267. The van der Waals surface area contributed by atoms with Crippen molar-refractivity contribution in [3.63, 3.8) is 0 Å². The fourth-order valence-corrected chi connectivity index (χ4v) is 2.32. The Morgan fingerprint density at radius 3 is 3.00 bits per heavy atom. The number of benzene rings is 1. The Kier molecular flexibility index (Phi) is 2.67. The van der Waals surface area contributed by atoms with Gasteiger partial charge in [-0.2, -0.15) is 0 Å². The molecule has 1 aromatic carbocycles. The summed E-state index contributed by atoms with van der Waals surface area (Å²) in [6.07, 6.45) is 0.886. The summed E-state index contributed by atoms with van der Waals surface area (Å²) in [7, 11) is 1.68. The second-order valence-corrected chi connectivity index (χ2v) is 4.41. The Bertz CT molecular complexity index is 611. The molecule has 3 nitrogen and oxygen atoms in total. The minimum atomic E-state index is 0.784. The number of hydrogen-bond acceptors (Lipinski definition) is 3. The van der Waals surface area contributed by atoms with Crippen LogP contribution in [0.25, 0.3) is 0 Å². The fourth-order valence-electron chi connectivity index (χ4n) is 2.32. The minimum absolute atomic E-state index is 0.784. The molecule has 0 atom stereocenters. The lowest BCUT2D eigenvalue weighted by Gasteiger charge is -2.12. The van der Waals surface area contributed by atoms with Crippen molar-refractivity contribution in [2.45, 2.75) is 13.3 Å². The predicted molar refractivity (Wildman–Crippen MR) is 70.6 cm³/mol. The molecule has 3 heteroatoms. The van der Waals surface area contributed by atoms with E-state index in [1.54, 1.807) is 7.11 Å². The number of rotatable bonds is 2. The highest BCUT2D eigenvalue weighted by Crippen LogP contribution is 2.25. The van der Waals surface area contributed by atoms with E-state index in [1.165, 1.54) is 0 Å². The highest BCUT2D eigenvalue weighted by Gasteiger charge is 2.19. The molecule has 2 heterocycles. The molecule has 92 valence electrons. The molecule has 1 aliphatic rings. The first-order valence-electron chi connectivity index (χ1n) is 6.06. The molecule has 0 fully saturated rings. The lowest BCUT2D eigenvalue weighted by atomic mass is 9.99. The maximum Gasteiger partial charge on any atom is 0.119 e. The first-order chi connectivity index (χ1) is 8.78. The van der Waals surface area contributed by atoms with Crippen LogP contribution >= 0.6 is 0 Å². The van der Waals surface area contributed by atoms with Gasteiger partial charge in [-0.3, -0.25) is 4.99 Å². The maximum atomic E-state index is 5.70. The number of nitrogens with zero attached hydrogens (tertiary/aromatic N) is 1. The molecule has 18 heavy (non-hydrogen) atoms. The second kappa shape index (κ2) is 4.33. The van der Waals surface area contributed by atoms with E-state index in [1.807, 2.05) is 25.1 Å². The molecule has 0 N–H and O–H groups in total. The molecule has 0 radical (unpaired) electrons. The molecule has 0 bridgehead atoms. The third kappa shape index (κ3) is 1.82. The van der Waals surface area contributed by atoms with Crippen LogP contribution in [0.15, 0.2) is 39.7 Å². The number of methoxy groups -OCH3 is 1. The monoisotopic (exact) mass is 241 g/mol. The zero-order valence-corrected chi connectivity index (χ0v) is 10.6. The Labute approximate surface area is 106 Å². The molecule has 2 aromatic rings. The standard InChI is InChI=1S/C15H15NO2/c1-10-8-13-14(18-10)6-7-16-15(13)11-4-3-5-12(9-11)17-2/h3-5,8-9H,6-7H2,1-2H3. The van der Waals surface area contributed by atoms with Gasteiger partial charge in [0.25, 0.3) is 0 Å². The van der Waals surface area contributed by atoms with E-state index in [9.17, 15) is 0 Å². The van der Waals surface area contributed by atoms with Gasteiger partial charge in [0, 0.05) is 24.1 Å². The van der Waals surface area contributed by atoms with E-state index >= 15 is 0 Å². The predicted octanol–water partition coefficient (Wildman–Crippen LogP) is 2.99. The third-order valence-corrected chi connectivity index (χ3v) is 3.14. The van der Waals surface area contributed by atoms with Crippen molar-refractivity contribution >= 4 is 5.71 Å². The van der Waals surface area contributed by atoms with E-state index < -0.39 is 0 Å². The molecule has 0 spiro atoms. The first kappa shape index (κ1) is 11.1. The zero-order valence-electron chi connectivity index (χ0n) is 10.6. The lowest BCUT2D eigenvalue weighted by Crippen LogP contribution is -2.12. The normalized spacial score (nSPS) is 14.0. The molecule has 0 saturated carbocycles. The quantitative estimate of drug-likeness (QED) is 0.810. The topological polar surface area (TPSA) is 34.7 Å². The van der Waals surface area contributed by atoms with E-state index in [4.69, 9.17) is 9.15 Å². The summed E-state index contributed by atoms with van der Waals surface area (Å²) < 4.78 is 11.0. The van der Waals surface area contributed by atoms with Gasteiger partial charge in [-0.1, -0.05) is 12.1 Å². The summed E-state index contributed by atoms with van der Waals surface area (Å²) in [5.41, 5.74) is 3.20. The van der Waals surface area contributed by atoms with Crippen LogP contribution < -0.4 is 4.74 Å². The maximum absolute atomic E-state index is 5.70. The number of aliphatic imine (C=N–C) groups is 1. The van der Waals surface area contributed by atoms with Crippen LogP contribution in [0.4, 0.5) is 0 Å². The Balaban J connectivity index is 2.08. The van der Waals surface area contributed by atoms with Gasteiger partial charge in [0.15, 0.2) is 0 Å². The van der Waals surface area contributed by atoms with E-state index in [-0.39, 0.29) is 0 Å². The van der Waals surface area contributed by atoms with Crippen LogP contribution in [0, 0.1) is 6.92 Å². The molecule has 3 rings (SSSR count). The van der Waals surface area contributed by atoms with Gasteiger partial charge in [0.1, 0.15) is 17.3 Å². The largest absolute Gasteiger partial charge is 0.497 e. The highest BCUT2D eigenvalue weighted by molar-refractivity contribution is 6.14. The minimum Gasteiger partial charge on any atom is -0.497 e. The molecular formula is C15H15NO2. The SMILES string of the molecule is COc1cccc(C2=NCCc3oc(C)cc32)c1. The van der Waals surface area contributed by atoms with E-state index in [2.05, 4.69) is 17.1 Å². The summed E-state index contributed by atoms with van der Waals surface area (Å²) in [6, 6.07) is 10.0. The molecule has 0 aliphatic carbocycles. The van der Waals surface area contributed by atoms with Crippen molar-refractivity contribution in [1.29, 1.82) is 0 Å². The summed E-state index contributed by atoms with van der Waals surface area (Å²) in [6.45, 7) is 2.76. The number of hydrogen-bond donors (Lipinski definition) is 0. The van der Waals surface area contributed by atoms with Crippen molar-refractivity contribution in [2.75, 3.05) is 13.7 Å². The van der Waals surface area contributed by atoms with E-state index in [0.717, 1.165) is 47.1 Å². The number of ether oxygens (including phenoxy) is 1. The number of fused-ring (bicyclic) bond motifs is 1. The smallest absolute Gasteiger partial charge is 0.119 e. The third-order valence-electron chi connectivity index (χ3n) is 3.14. The van der Waals surface area contributed by atoms with Gasteiger partial charge < -0.3 is 9.15 Å². The van der Waals surface area contributed by atoms with Gasteiger partial charge in [-0.15, -0.1) is 0 Å². The van der Waals surface area contributed by atoms with Crippen LogP contribution in [0.1, 0.15) is 22.6 Å². The van der Waals surface area contributed by atoms with Crippen LogP contribution in [-0.2, 0) is 6.42 Å². The van der Waals surface area contributed by atoms with Gasteiger partial charge >= 0.3 is 0 Å². The van der Waals surface area contributed by atoms with Crippen molar-refractivity contribution < 1.29 is 9.15 Å². The molecule has 0 amide bonds. The summed E-state index contributed by atoms with van der Waals surface area (Å²) >= 11 is 0. The highest BCUT2D eigenvalue weighted by atomic mass is 16.5. The Morgan fingerprint density at radius 2 is 2.17 bits per heavy atom. The van der Waals surface area contributed by atoms with Crippen molar-refractivity contribution in [2.24, 2.45) is 4.99 Å². The average Bonchev–Trinajstić information content (AvgIpc) is 2.78. The number of aryl methyl sites for hydroxylation is 1. The van der Waals surface area contributed by atoms with Gasteiger partial charge in [0.2, 0.25) is 0 Å². The molecular weight excluding hydrogens is 226 g/mol. The second-order valence-electron chi connectivity index (χ2n) is 4.41. The van der Waals surface area contributed by atoms with E-state index in [0.29, 0.717) is 0 Å². The Morgan fingerprint density at radius 1 is 1.28 bits per heavy atom. The Hall–Kier alpha value is -2.03. The molecule has 0 saturated heterocycles.